The fraction of sp³-hybridized carbons (Fsp3) is 0.353. The van der Waals surface area contributed by atoms with Gasteiger partial charge in [0, 0.05) is 44.0 Å². The van der Waals surface area contributed by atoms with Crippen molar-refractivity contribution in [2.24, 2.45) is 5.92 Å². The summed E-state index contributed by atoms with van der Waals surface area (Å²) in [6.45, 7) is 1.61. The number of halogens is 1. The first-order valence-electron chi connectivity index (χ1n) is 7.36. The molecule has 0 aromatic heterocycles. The third kappa shape index (κ3) is 2.71. The zero-order valence-corrected chi connectivity index (χ0v) is 12.8. The maximum Gasteiger partial charge on any atom is 0.140 e. The van der Waals surface area contributed by atoms with E-state index in [9.17, 15) is 4.39 Å². The fourth-order valence-electron chi connectivity index (χ4n) is 3.01. The molecule has 116 valence electrons. The lowest BCUT2D eigenvalue weighted by molar-refractivity contribution is 0.257. The highest BCUT2D eigenvalue weighted by atomic mass is 19.1. The molecule has 1 unspecified atom stereocenters. The molecular formula is C17H20FN3O. The second-order valence-electron chi connectivity index (χ2n) is 5.72. The summed E-state index contributed by atoms with van der Waals surface area (Å²) in [5.41, 5.74) is 2.13. The van der Waals surface area contributed by atoms with Gasteiger partial charge >= 0.3 is 0 Å². The van der Waals surface area contributed by atoms with Gasteiger partial charge in [-0.25, -0.2) is 4.39 Å². The summed E-state index contributed by atoms with van der Waals surface area (Å²) in [5, 5.41) is 8.22. The minimum Gasteiger partial charge on any atom is -0.495 e. The molecular weight excluding hydrogens is 281 g/mol. The predicted molar refractivity (Wildman–Crippen MR) is 83.6 cm³/mol. The second kappa shape index (κ2) is 5.83. The van der Waals surface area contributed by atoms with Crippen molar-refractivity contribution in [2.45, 2.75) is 13.0 Å². The Balaban J connectivity index is 1.83. The minimum absolute atomic E-state index is 0.0921. The van der Waals surface area contributed by atoms with E-state index < -0.39 is 0 Å². The molecule has 1 aromatic rings. The van der Waals surface area contributed by atoms with E-state index in [1.165, 1.54) is 12.1 Å². The maximum absolute atomic E-state index is 13.0. The average molecular weight is 301 g/mol. The summed E-state index contributed by atoms with van der Waals surface area (Å²) in [6, 6.07) is 6.59. The van der Waals surface area contributed by atoms with Gasteiger partial charge in [-0.2, -0.15) is 0 Å². The summed E-state index contributed by atoms with van der Waals surface area (Å²) in [5.74, 6) is 1.30. The smallest absolute Gasteiger partial charge is 0.140 e. The highest BCUT2D eigenvalue weighted by Crippen LogP contribution is 2.34. The molecule has 0 saturated heterocycles. The largest absolute Gasteiger partial charge is 0.495 e. The lowest BCUT2D eigenvalue weighted by Gasteiger charge is -2.38. The van der Waals surface area contributed by atoms with Gasteiger partial charge in [-0.1, -0.05) is 12.1 Å². The minimum atomic E-state index is -0.214. The van der Waals surface area contributed by atoms with Crippen molar-refractivity contribution in [3.05, 3.63) is 59.4 Å². The van der Waals surface area contributed by atoms with Crippen molar-refractivity contribution in [3.63, 3.8) is 0 Å². The molecule has 1 aromatic carbocycles. The van der Waals surface area contributed by atoms with Crippen LogP contribution < -0.4 is 0 Å². The van der Waals surface area contributed by atoms with Gasteiger partial charge in [0.15, 0.2) is 0 Å². The van der Waals surface area contributed by atoms with E-state index >= 15 is 0 Å². The topological polar surface area (TPSA) is 39.6 Å². The number of ether oxygens (including phenoxy) is 1. The van der Waals surface area contributed by atoms with Gasteiger partial charge in [-0.05, 0) is 24.1 Å². The molecule has 4 nitrogen and oxygen atoms in total. The molecule has 1 atom stereocenters. The van der Waals surface area contributed by atoms with E-state index in [0.717, 1.165) is 36.4 Å². The third-order valence-electron chi connectivity index (χ3n) is 4.23. The first kappa shape index (κ1) is 14.6. The van der Waals surface area contributed by atoms with E-state index in [1.807, 2.05) is 30.3 Å². The monoisotopic (exact) mass is 301 g/mol. The van der Waals surface area contributed by atoms with E-state index in [0.29, 0.717) is 5.84 Å². The Morgan fingerprint density at radius 3 is 2.68 bits per heavy atom. The number of nitrogens with zero attached hydrogens (tertiary/aromatic N) is 2. The summed E-state index contributed by atoms with van der Waals surface area (Å²) in [4.78, 5) is 4.01. The van der Waals surface area contributed by atoms with Crippen LogP contribution in [0.1, 0.15) is 12.0 Å². The van der Waals surface area contributed by atoms with E-state index in [1.54, 1.807) is 7.11 Å². The molecule has 1 N–H and O–H groups in total. The number of methoxy groups -OCH3 is 1. The lowest BCUT2D eigenvalue weighted by atomic mass is 9.88. The van der Waals surface area contributed by atoms with Gasteiger partial charge in [-0.3, -0.25) is 5.41 Å². The number of fused-ring (bicyclic) bond motifs is 1. The van der Waals surface area contributed by atoms with Crippen LogP contribution in [-0.4, -0.2) is 36.3 Å². The molecule has 0 radical (unpaired) electrons. The Kier molecular flexibility index (Phi) is 3.88. The van der Waals surface area contributed by atoms with Crippen LogP contribution >= 0.6 is 0 Å². The van der Waals surface area contributed by atoms with Crippen molar-refractivity contribution in [1.29, 1.82) is 5.41 Å². The van der Waals surface area contributed by atoms with Gasteiger partial charge in [-0.15, -0.1) is 0 Å². The molecule has 5 heteroatoms. The molecule has 0 bridgehead atoms. The van der Waals surface area contributed by atoms with Gasteiger partial charge in [0.25, 0.3) is 0 Å². The van der Waals surface area contributed by atoms with Crippen molar-refractivity contribution in [2.75, 3.05) is 20.7 Å². The average Bonchev–Trinajstić information content (AvgIpc) is 2.53. The van der Waals surface area contributed by atoms with Crippen LogP contribution in [0.2, 0.25) is 0 Å². The van der Waals surface area contributed by atoms with Crippen molar-refractivity contribution >= 4 is 5.84 Å². The molecule has 0 spiro atoms. The molecule has 0 saturated carbocycles. The summed E-state index contributed by atoms with van der Waals surface area (Å²) in [7, 11) is 3.54. The van der Waals surface area contributed by atoms with Gasteiger partial charge < -0.3 is 14.5 Å². The second-order valence-corrected chi connectivity index (χ2v) is 5.72. The van der Waals surface area contributed by atoms with E-state index in [4.69, 9.17) is 10.1 Å². The Labute approximate surface area is 130 Å². The summed E-state index contributed by atoms with van der Waals surface area (Å²) in [6.07, 6.45) is 4.82. The van der Waals surface area contributed by atoms with E-state index in [2.05, 4.69) is 11.1 Å². The molecule has 2 aliphatic rings. The van der Waals surface area contributed by atoms with Crippen LogP contribution in [0.15, 0.2) is 48.0 Å². The lowest BCUT2D eigenvalue weighted by Crippen LogP contribution is -2.40. The normalized spacial score (nSPS) is 21.2. The third-order valence-corrected chi connectivity index (χ3v) is 4.23. The van der Waals surface area contributed by atoms with Crippen molar-refractivity contribution < 1.29 is 9.13 Å². The number of hydrogen-bond acceptors (Lipinski definition) is 3. The zero-order chi connectivity index (χ0) is 15.7. The van der Waals surface area contributed by atoms with Crippen LogP contribution in [0.25, 0.3) is 0 Å². The number of hydrogen-bond donors (Lipinski definition) is 1. The number of amidine groups is 1. The maximum atomic E-state index is 13.0. The highest BCUT2D eigenvalue weighted by Gasteiger charge is 2.33. The Bertz CT molecular complexity index is 636. The summed E-state index contributed by atoms with van der Waals surface area (Å²) < 4.78 is 18.5. The molecule has 2 aliphatic heterocycles. The molecule has 22 heavy (non-hydrogen) atoms. The van der Waals surface area contributed by atoms with Crippen molar-refractivity contribution in [1.82, 2.24) is 9.80 Å². The van der Waals surface area contributed by atoms with Gasteiger partial charge in [0.1, 0.15) is 17.4 Å². The number of rotatable bonds is 3. The SMILES string of the molecule is COC1=CN(C)C(=N)C2CCN(Cc3ccc(F)cc3)C=C12. The molecule has 0 fully saturated rings. The first-order valence-corrected chi connectivity index (χ1v) is 7.36. The van der Waals surface area contributed by atoms with Crippen LogP contribution in [0.5, 0.6) is 0 Å². The Hall–Kier alpha value is -2.30. The van der Waals surface area contributed by atoms with Crippen LogP contribution in [0.4, 0.5) is 4.39 Å². The molecule has 3 rings (SSSR count). The summed E-state index contributed by atoms with van der Waals surface area (Å²) >= 11 is 0. The highest BCUT2D eigenvalue weighted by molar-refractivity contribution is 5.87. The predicted octanol–water partition coefficient (Wildman–Crippen LogP) is 2.94. The van der Waals surface area contributed by atoms with Gasteiger partial charge in [0.05, 0.1) is 7.11 Å². The van der Waals surface area contributed by atoms with Crippen LogP contribution in [-0.2, 0) is 11.3 Å². The molecule has 0 amide bonds. The van der Waals surface area contributed by atoms with Crippen LogP contribution in [0.3, 0.4) is 0 Å². The van der Waals surface area contributed by atoms with Gasteiger partial charge in [0.2, 0.25) is 0 Å². The van der Waals surface area contributed by atoms with Crippen molar-refractivity contribution in [3.8, 4) is 0 Å². The number of allylic oxidation sites excluding steroid dienone is 1. The quantitative estimate of drug-likeness (QED) is 0.933. The number of nitrogens with one attached hydrogen (secondary N) is 1. The molecule has 0 aliphatic carbocycles. The van der Waals surface area contributed by atoms with Crippen LogP contribution in [0, 0.1) is 17.1 Å². The fourth-order valence-corrected chi connectivity index (χ4v) is 3.01. The number of benzene rings is 1. The van der Waals surface area contributed by atoms with E-state index in [-0.39, 0.29) is 11.7 Å². The Morgan fingerprint density at radius 1 is 1.27 bits per heavy atom. The first-order chi connectivity index (χ1) is 10.6. The Morgan fingerprint density at radius 2 is 2.00 bits per heavy atom. The zero-order valence-electron chi connectivity index (χ0n) is 12.8. The standard InChI is InChI=1S/C17H20FN3O/c1-20-11-16(22-2)15-10-21(8-7-14(15)17(20)19)9-12-3-5-13(18)6-4-12/h3-6,10-11,14,19H,7-9H2,1-2H3. The molecule has 2 heterocycles.